The Morgan fingerprint density at radius 1 is 1.19 bits per heavy atom. The Morgan fingerprint density at radius 3 is 2.22 bits per heavy atom. The molecule has 1 saturated carbocycles. The van der Waals surface area contributed by atoms with Crippen molar-refractivity contribution in [2.45, 2.75) is 25.6 Å². The van der Waals surface area contributed by atoms with Gasteiger partial charge in [-0.15, -0.1) is 6.58 Å². The quantitative estimate of drug-likeness (QED) is 0.326. The molecular formula is C20H28O7. The highest BCUT2D eigenvalue weighted by atomic mass is 16.5. The van der Waals surface area contributed by atoms with Crippen LogP contribution in [0.2, 0.25) is 0 Å². The van der Waals surface area contributed by atoms with Crippen LogP contribution in [-0.2, 0) is 19.1 Å². The average Bonchev–Trinajstić information content (AvgIpc) is 2.65. The standard InChI is InChI=1S/C20H28O7/c1-7-20(5)8-14(27-18(24)12(3)10-22)15(13(4)19(25)26-6)17(23)16(20)11(2)9-21/h7,14-17,21-23H,1-4,8-10H2,5-6H3/t14-,15+,16+,17-,20+/m0/s1. The van der Waals surface area contributed by atoms with Gasteiger partial charge in [0.2, 0.25) is 0 Å². The third-order valence-electron chi connectivity index (χ3n) is 5.16. The van der Waals surface area contributed by atoms with E-state index in [4.69, 9.17) is 14.6 Å². The van der Waals surface area contributed by atoms with Crippen molar-refractivity contribution in [3.63, 3.8) is 0 Å². The van der Waals surface area contributed by atoms with Crippen LogP contribution in [0.4, 0.5) is 0 Å². The van der Waals surface area contributed by atoms with Crippen LogP contribution in [-0.4, -0.2) is 59.8 Å². The smallest absolute Gasteiger partial charge is 0.336 e. The number of hydrogen-bond acceptors (Lipinski definition) is 7. The van der Waals surface area contributed by atoms with Crippen molar-refractivity contribution >= 4 is 11.9 Å². The topological polar surface area (TPSA) is 113 Å². The molecule has 5 atom stereocenters. The summed E-state index contributed by atoms with van der Waals surface area (Å²) in [5.41, 5.74) is -0.650. The predicted molar refractivity (Wildman–Crippen MR) is 99.4 cm³/mol. The maximum absolute atomic E-state index is 12.1. The lowest BCUT2D eigenvalue weighted by molar-refractivity contribution is -0.161. The molecular weight excluding hydrogens is 352 g/mol. The first-order chi connectivity index (χ1) is 12.6. The molecule has 1 aliphatic carbocycles. The van der Waals surface area contributed by atoms with Gasteiger partial charge in [-0.2, -0.15) is 0 Å². The van der Waals surface area contributed by atoms with Gasteiger partial charge < -0.3 is 24.8 Å². The van der Waals surface area contributed by atoms with Gasteiger partial charge >= 0.3 is 11.9 Å². The molecule has 0 saturated heterocycles. The highest BCUT2D eigenvalue weighted by molar-refractivity contribution is 5.89. The largest absolute Gasteiger partial charge is 0.466 e. The summed E-state index contributed by atoms with van der Waals surface area (Å²) in [5, 5.41) is 29.7. The molecule has 0 radical (unpaired) electrons. The van der Waals surface area contributed by atoms with Gasteiger partial charge in [0.25, 0.3) is 0 Å². The number of aliphatic hydroxyl groups excluding tert-OH is 3. The summed E-state index contributed by atoms with van der Waals surface area (Å²) in [6.07, 6.45) is -0.413. The summed E-state index contributed by atoms with van der Waals surface area (Å²) in [4.78, 5) is 24.2. The SMILES string of the molecule is C=C[C@]1(C)C[C@H](OC(=O)C(=C)CO)[C@@H](C(=C)C(=O)OC)[C@H](O)[C@H]1C(=C)CO. The molecule has 0 aromatic heterocycles. The van der Waals surface area contributed by atoms with Crippen molar-refractivity contribution in [1.29, 1.82) is 0 Å². The maximum Gasteiger partial charge on any atom is 0.336 e. The third-order valence-corrected chi connectivity index (χ3v) is 5.16. The lowest BCUT2D eigenvalue weighted by Gasteiger charge is -2.50. The minimum absolute atomic E-state index is 0.0701. The first-order valence-electron chi connectivity index (χ1n) is 8.44. The molecule has 1 aliphatic rings. The highest BCUT2D eigenvalue weighted by Gasteiger charge is 2.53. The number of carbonyl (C=O) groups excluding carboxylic acids is 2. The maximum atomic E-state index is 12.1. The van der Waals surface area contributed by atoms with Crippen LogP contribution in [0.5, 0.6) is 0 Å². The number of ether oxygens (including phenoxy) is 2. The Hall–Kier alpha value is -2.22. The molecule has 27 heavy (non-hydrogen) atoms. The third kappa shape index (κ3) is 4.55. The summed E-state index contributed by atoms with van der Waals surface area (Å²) in [6.45, 7) is 15.6. The van der Waals surface area contributed by atoms with Crippen molar-refractivity contribution in [1.82, 2.24) is 0 Å². The van der Waals surface area contributed by atoms with E-state index in [9.17, 15) is 19.8 Å². The molecule has 0 bridgehead atoms. The van der Waals surface area contributed by atoms with E-state index in [2.05, 4.69) is 26.3 Å². The molecule has 0 unspecified atom stereocenters. The van der Waals surface area contributed by atoms with E-state index < -0.39 is 48.0 Å². The minimum Gasteiger partial charge on any atom is -0.466 e. The molecule has 0 aromatic carbocycles. The zero-order valence-corrected chi connectivity index (χ0v) is 15.8. The molecule has 7 heteroatoms. The minimum atomic E-state index is -1.24. The Bertz CT molecular complexity index is 651. The van der Waals surface area contributed by atoms with E-state index in [1.165, 1.54) is 7.11 Å². The number of allylic oxidation sites excluding steroid dienone is 1. The average molecular weight is 380 g/mol. The molecule has 0 spiro atoms. The van der Waals surface area contributed by atoms with Crippen molar-refractivity contribution in [2.24, 2.45) is 17.3 Å². The summed E-state index contributed by atoms with van der Waals surface area (Å²) in [7, 11) is 1.18. The number of hydrogen-bond donors (Lipinski definition) is 3. The van der Waals surface area contributed by atoms with Gasteiger partial charge in [-0.1, -0.05) is 32.7 Å². The predicted octanol–water partition coefficient (Wildman–Crippen LogP) is 0.914. The lowest BCUT2D eigenvalue weighted by atomic mass is 9.58. The fraction of sp³-hybridized carbons (Fsp3) is 0.500. The van der Waals surface area contributed by atoms with Crippen LogP contribution in [0.15, 0.2) is 49.1 Å². The fourth-order valence-corrected chi connectivity index (χ4v) is 3.62. The normalized spacial score (nSPS) is 30.1. The van der Waals surface area contributed by atoms with E-state index in [1.807, 2.05) is 0 Å². The fourth-order valence-electron chi connectivity index (χ4n) is 3.62. The summed E-state index contributed by atoms with van der Waals surface area (Å²) in [5.74, 6) is -3.24. The van der Waals surface area contributed by atoms with Crippen molar-refractivity contribution in [3.8, 4) is 0 Å². The van der Waals surface area contributed by atoms with E-state index in [0.717, 1.165) is 0 Å². The summed E-state index contributed by atoms with van der Waals surface area (Å²) < 4.78 is 10.1. The molecule has 1 fully saturated rings. The van der Waals surface area contributed by atoms with Gasteiger partial charge in [0, 0.05) is 11.5 Å². The van der Waals surface area contributed by atoms with E-state index in [1.54, 1.807) is 13.0 Å². The van der Waals surface area contributed by atoms with E-state index in [-0.39, 0.29) is 24.2 Å². The van der Waals surface area contributed by atoms with Crippen molar-refractivity contribution in [3.05, 3.63) is 49.1 Å². The molecule has 150 valence electrons. The Kier molecular flexibility index (Phi) is 7.71. The number of carbonyl (C=O) groups is 2. The van der Waals surface area contributed by atoms with Crippen LogP contribution in [0.3, 0.4) is 0 Å². The molecule has 1 rings (SSSR count). The zero-order valence-electron chi connectivity index (χ0n) is 15.8. The molecule has 7 nitrogen and oxygen atoms in total. The zero-order chi connectivity index (χ0) is 20.9. The number of esters is 2. The summed E-state index contributed by atoms with van der Waals surface area (Å²) >= 11 is 0. The molecule has 0 aliphatic heterocycles. The molecule has 0 heterocycles. The Morgan fingerprint density at radius 2 is 1.78 bits per heavy atom. The number of aliphatic hydroxyl groups is 3. The molecule has 0 aromatic rings. The second kappa shape index (κ2) is 9.12. The molecule has 0 amide bonds. The number of rotatable bonds is 8. The van der Waals surface area contributed by atoms with Crippen LogP contribution in [0.25, 0.3) is 0 Å². The highest BCUT2D eigenvalue weighted by Crippen LogP contribution is 2.50. The number of methoxy groups -OCH3 is 1. The second-order valence-corrected chi connectivity index (χ2v) is 6.95. The van der Waals surface area contributed by atoms with Crippen LogP contribution >= 0.6 is 0 Å². The summed E-state index contributed by atoms with van der Waals surface area (Å²) in [6, 6.07) is 0. The van der Waals surface area contributed by atoms with Gasteiger partial charge in [-0.05, 0) is 17.4 Å². The first kappa shape index (κ1) is 22.8. The first-order valence-corrected chi connectivity index (χ1v) is 8.44. The van der Waals surface area contributed by atoms with Crippen molar-refractivity contribution in [2.75, 3.05) is 20.3 Å². The van der Waals surface area contributed by atoms with E-state index >= 15 is 0 Å². The van der Waals surface area contributed by atoms with Crippen molar-refractivity contribution < 1.29 is 34.4 Å². The second-order valence-electron chi connectivity index (χ2n) is 6.95. The van der Waals surface area contributed by atoms with E-state index in [0.29, 0.717) is 5.57 Å². The molecule has 3 N–H and O–H groups in total. The van der Waals surface area contributed by atoms with Crippen LogP contribution in [0, 0.1) is 17.3 Å². The Labute approximate surface area is 159 Å². The Balaban J connectivity index is 3.40. The van der Waals surface area contributed by atoms with Gasteiger partial charge in [0.15, 0.2) is 0 Å². The van der Waals surface area contributed by atoms with Gasteiger partial charge in [-0.25, -0.2) is 9.59 Å². The monoisotopic (exact) mass is 380 g/mol. The van der Waals surface area contributed by atoms with Gasteiger partial charge in [0.05, 0.1) is 37.9 Å². The van der Waals surface area contributed by atoms with Crippen LogP contribution in [0.1, 0.15) is 13.3 Å². The van der Waals surface area contributed by atoms with Crippen LogP contribution < -0.4 is 0 Å². The van der Waals surface area contributed by atoms with Gasteiger partial charge in [-0.3, -0.25) is 0 Å². The van der Waals surface area contributed by atoms with Gasteiger partial charge in [0.1, 0.15) is 6.10 Å². The lowest BCUT2D eigenvalue weighted by Crippen LogP contribution is -2.54.